The molecule has 4 rings (SSSR count). The van der Waals surface area contributed by atoms with Gasteiger partial charge in [-0.3, -0.25) is 0 Å². The van der Waals surface area contributed by atoms with Gasteiger partial charge in [0.1, 0.15) is 19.0 Å². The molecule has 5 nitrogen and oxygen atoms in total. The van der Waals surface area contributed by atoms with E-state index >= 15 is 0 Å². The van der Waals surface area contributed by atoms with E-state index in [1.54, 1.807) is 7.11 Å². The average Bonchev–Trinajstić information content (AvgIpc) is 2.90. The highest BCUT2D eigenvalue weighted by atomic mass is 16.5. The van der Waals surface area contributed by atoms with E-state index in [1.165, 1.54) is 16.7 Å². The molecule has 34 heavy (non-hydrogen) atoms. The summed E-state index contributed by atoms with van der Waals surface area (Å²) < 4.78 is 18.0. The Bertz CT molecular complexity index is 1050. The van der Waals surface area contributed by atoms with Gasteiger partial charge in [-0.05, 0) is 66.0 Å². The Labute approximate surface area is 203 Å². The van der Waals surface area contributed by atoms with Gasteiger partial charge >= 0.3 is 0 Å². The maximum atomic E-state index is 6.20. The first-order valence-electron chi connectivity index (χ1n) is 12.3. The van der Waals surface area contributed by atoms with E-state index in [-0.39, 0.29) is 6.04 Å². The van der Waals surface area contributed by atoms with E-state index in [1.807, 2.05) is 24.3 Å². The number of rotatable bonds is 11. The van der Waals surface area contributed by atoms with Crippen molar-refractivity contribution in [3.05, 3.63) is 89.0 Å². The van der Waals surface area contributed by atoms with E-state index in [4.69, 9.17) is 14.2 Å². The lowest BCUT2D eigenvalue weighted by atomic mass is 9.89. The van der Waals surface area contributed by atoms with Crippen LogP contribution in [0.25, 0.3) is 0 Å². The lowest BCUT2D eigenvalue weighted by molar-refractivity contribution is 0.217. The van der Waals surface area contributed by atoms with E-state index in [9.17, 15) is 0 Å². The topological polar surface area (TPSA) is 43.0 Å². The number of hydrogen-bond donors (Lipinski definition) is 1. The van der Waals surface area contributed by atoms with Crippen molar-refractivity contribution < 1.29 is 14.2 Å². The van der Waals surface area contributed by atoms with Crippen LogP contribution in [0.3, 0.4) is 0 Å². The average molecular weight is 461 g/mol. The second-order valence-corrected chi connectivity index (χ2v) is 8.56. The van der Waals surface area contributed by atoms with Crippen LogP contribution in [0.15, 0.2) is 66.7 Å². The van der Waals surface area contributed by atoms with E-state index < -0.39 is 0 Å². The van der Waals surface area contributed by atoms with Crippen molar-refractivity contribution in [2.24, 2.45) is 0 Å². The first-order chi connectivity index (χ1) is 16.7. The Kier molecular flexibility index (Phi) is 8.45. The van der Waals surface area contributed by atoms with Crippen molar-refractivity contribution in [1.29, 1.82) is 0 Å². The van der Waals surface area contributed by atoms with Crippen LogP contribution in [0.4, 0.5) is 0 Å². The molecular weight excluding hydrogens is 424 g/mol. The molecule has 3 aromatic rings. The SMILES string of the molecule is CCN(CC)CCOc1cc2c(cc1OC)CCNC2c1cccc(OCc2ccccc2)c1. The van der Waals surface area contributed by atoms with Crippen molar-refractivity contribution in [2.75, 3.05) is 39.9 Å². The number of ether oxygens (including phenoxy) is 3. The zero-order valence-corrected chi connectivity index (χ0v) is 20.5. The van der Waals surface area contributed by atoms with Crippen LogP contribution in [-0.2, 0) is 13.0 Å². The Morgan fingerprint density at radius 2 is 1.74 bits per heavy atom. The van der Waals surface area contributed by atoms with Gasteiger partial charge in [0.2, 0.25) is 0 Å². The highest BCUT2D eigenvalue weighted by Crippen LogP contribution is 2.38. The highest BCUT2D eigenvalue weighted by molar-refractivity contribution is 5.52. The second-order valence-electron chi connectivity index (χ2n) is 8.56. The molecule has 180 valence electrons. The number of benzene rings is 3. The Balaban J connectivity index is 1.53. The maximum Gasteiger partial charge on any atom is 0.161 e. The number of methoxy groups -OCH3 is 1. The van der Waals surface area contributed by atoms with Crippen LogP contribution < -0.4 is 19.5 Å². The van der Waals surface area contributed by atoms with Gasteiger partial charge in [-0.1, -0.05) is 56.3 Å². The summed E-state index contributed by atoms with van der Waals surface area (Å²) in [5.41, 5.74) is 4.89. The smallest absolute Gasteiger partial charge is 0.161 e. The molecule has 1 N–H and O–H groups in total. The van der Waals surface area contributed by atoms with E-state index in [0.717, 1.165) is 55.4 Å². The lowest BCUT2D eigenvalue weighted by Gasteiger charge is -2.29. The zero-order valence-electron chi connectivity index (χ0n) is 20.5. The highest BCUT2D eigenvalue weighted by Gasteiger charge is 2.24. The molecule has 1 heterocycles. The fourth-order valence-corrected chi connectivity index (χ4v) is 4.48. The van der Waals surface area contributed by atoms with Crippen molar-refractivity contribution in [3.63, 3.8) is 0 Å². The molecule has 0 fully saturated rings. The van der Waals surface area contributed by atoms with Crippen molar-refractivity contribution >= 4 is 0 Å². The summed E-state index contributed by atoms with van der Waals surface area (Å²) in [4.78, 5) is 2.36. The van der Waals surface area contributed by atoms with Gasteiger partial charge in [-0.25, -0.2) is 0 Å². The van der Waals surface area contributed by atoms with E-state index in [0.29, 0.717) is 13.2 Å². The second kappa shape index (κ2) is 11.9. The molecule has 0 saturated heterocycles. The zero-order chi connectivity index (χ0) is 23.8. The molecule has 0 aromatic heterocycles. The van der Waals surface area contributed by atoms with Crippen molar-refractivity contribution in [3.8, 4) is 17.2 Å². The van der Waals surface area contributed by atoms with Crippen molar-refractivity contribution in [2.45, 2.75) is 32.9 Å². The maximum absolute atomic E-state index is 6.20. The number of nitrogens with one attached hydrogen (secondary N) is 1. The molecule has 0 bridgehead atoms. The monoisotopic (exact) mass is 460 g/mol. The van der Waals surface area contributed by atoms with Crippen molar-refractivity contribution in [1.82, 2.24) is 10.2 Å². The number of hydrogen-bond acceptors (Lipinski definition) is 5. The molecule has 0 radical (unpaired) electrons. The van der Waals surface area contributed by atoms with Gasteiger partial charge in [-0.2, -0.15) is 0 Å². The number of nitrogens with zero attached hydrogens (tertiary/aromatic N) is 1. The Morgan fingerprint density at radius 1 is 0.912 bits per heavy atom. The molecule has 1 atom stereocenters. The summed E-state index contributed by atoms with van der Waals surface area (Å²) in [7, 11) is 1.71. The van der Waals surface area contributed by atoms with Crippen LogP contribution in [0, 0.1) is 0 Å². The van der Waals surface area contributed by atoms with Crippen LogP contribution in [-0.4, -0.2) is 44.8 Å². The summed E-state index contributed by atoms with van der Waals surface area (Å²) in [5.74, 6) is 2.48. The first-order valence-corrected chi connectivity index (χ1v) is 12.3. The molecule has 1 unspecified atom stereocenters. The molecule has 5 heteroatoms. The van der Waals surface area contributed by atoms with Crippen LogP contribution in [0.2, 0.25) is 0 Å². The summed E-state index contributed by atoms with van der Waals surface area (Å²) in [5, 5.41) is 3.69. The molecular formula is C29H36N2O3. The minimum Gasteiger partial charge on any atom is -0.493 e. The minimum atomic E-state index is 0.0834. The van der Waals surface area contributed by atoms with Gasteiger partial charge < -0.3 is 24.4 Å². The summed E-state index contributed by atoms with van der Waals surface area (Å²) in [6, 6.07) is 23.0. The van der Waals surface area contributed by atoms with Crippen LogP contribution in [0.5, 0.6) is 17.2 Å². The molecule has 0 spiro atoms. The number of likely N-dealkylation sites (N-methyl/N-ethyl adjacent to an activating group) is 1. The van der Waals surface area contributed by atoms with Gasteiger partial charge in [-0.15, -0.1) is 0 Å². The third-order valence-corrected chi connectivity index (χ3v) is 6.48. The van der Waals surface area contributed by atoms with Gasteiger partial charge in [0, 0.05) is 13.1 Å². The molecule has 1 aliphatic rings. The van der Waals surface area contributed by atoms with E-state index in [2.05, 4.69) is 66.5 Å². The summed E-state index contributed by atoms with van der Waals surface area (Å²) >= 11 is 0. The van der Waals surface area contributed by atoms with Crippen LogP contribution >= 0.6 is 0 Å². The lowest BCUT2D eigenvalue weighted by Crippen LogP contribution is -2.31. The summed E-state index contributed by atoms with van der Waals surface area (Å²) in [6.07, 6.45) is 0.964. The number of fused-ring (bicyclic) bond motifs is 1. The molecule has 0 aliphatic carbocycles. The Hall–Kier alpha value is -3.02. The van der Waals surface area contributed by atoms with Crippen LogP contribution in [0.1, 0.15) is 42.1 Å². The molecule has 3 aromatic carbocycles. The Morgan fingerprint density at radius 3 is 2.50 bits per heavy atom. The van der Waals surface area contributed by atoms with Gasteiger partial charge in [0.25, 0.3) is 0 Å². The third kappa shape index (κ3) is 5.91. The predicted octanol–water partition coefficient (Wildman–Crippen LogP) is 5.23. The van der Waals surface area contributed by atoms with Gasteiger partial charge in [0.15, 0.2) is 11.5 Å². The molecule has 1 aliphatic heterocycles. The largest absolute Gasteiger partial charge is 0.493 e. The molecule has 0 saturated carbocycles. The fraction of sp³-hybridized carbons (Fsp3) is 0.379. The molecule has 0 amide bonds. The summed E-state index contributed by atoms with van der Waals surface area (Å²) in [6.45, 7) is 9.41. The normalized spacial score (nSPS) is 15.1. The standard InChI is InChI=1S/C29H36N2O3/c1-4-31(5-2)16-17-33-28-20-26-23(19-27(28)32-3)14-15-30-29(26)24-12-9-13-25(18-24)34-21-22-10-7-6-8-11-22/h6-13,18-20,29-30H,4-5,14-17,21H2,1-3H3. The van der Waals surface area contributed by atoms with Gasteiger partial charge in [0.05, 0.1) is 13.2 Å². The quantitative estimate of drug-likeness (QED) is 0.424. The fourth-order valence-electron chi connectivity index (χ4n) is 4.48. The third-order valence-electron chi connectivity index (χ3n) is 6.48. The minimum absolute atomic E-state index is 0.0834. The predicted molar refractivity (Wildman–Crippen MR) is 137 cm³/mol. The first kappa shape index (κ1) is 24.1.